The highest BCUT2D eigenvalue weighted by atomic mass is 19.4. The molecular weight excluding hydrogens is 411 g/mol. The second-order valence-electron chi connectivity index (χ2n) is 7.09. The molecule has 0 bridgehead atoms. The molecule has 0 aliphatic rings. The first-order chi connectivity index (χ1) is 14.7. The van der Waals surface area contributed by atoms with Gasteiger partial charge in [-0.2, -0.15) is 13.2 Å². The summed E-state index contributed by atoms with van der Waals surface area (Å²) < 4.78 is 45.5. The third kappa shape index (κ3) is 9.65. The normalized spacial score (nSPS) is 11.2. The number of nitrogens with one attached hydrogen (secondary N) is 1. The molecule has 0 unspecified atom stereocenters. The van der Waals surface area contributed by atoms with Crippen LogP contribution < -0.4 is 10.1 Å². The summed E-state index contributed by atoms with van der Waals surface area (Å²) in [6.45, 7) is 3.34. The van der Waals surface area contributed by atoms with E-state index in [0.717, 1.165) is 30.6 Å². The van der Waals surface area contributed by atoms with Gasteiger partial charge in [0.25, 0.3) is 0 Å². The van der Waals surface area contributed by atoms with Crippen molar-refractivity contribution in [1.82, 2.24) is 5.32 Å². The van der Waals surface area contributed by atoms with Crippen LogP contribution >= 0.6 is 0 Å². The molecule has 2 aromatic rings. The zero-order valence-electron chi connectivity index (χ0n) is 17.3. The second-order valence-corrected chi connectivity index (χ2v) is 7.09. The van der Waals surface area contributed by atoms with Crippen LogP contribution in [0.2, 0.25) is 0 Å². The van der Waals surface area contributed by atoms with Gasteiger partial charge in [-0.1, -0.05) is 42.0 Å². The second kappa shape index (κ2) is 12.1. The molecule has 0 fully saturated rings. The van der Waals surface area contributed by atoms with Gasteiger partial charge in [0.15, 0.2) is 0 Å². The van der Waals surface area contributed by atoms with Crippen LogP contribution in [0.4, 0.5) is 13.2 Å². The maximum Gasteiger partial charge on any atom is 0.491 e. The molecule has 31 heavy (non-hydrogen) atoms. The fraction of sp³-hybridized carbons (Fsp3) is 0.391. The average Bonchev–Trinajstić information content (AvgIpc) is 2.71. The van der Waals surface area contributed by atoms with Crippen LogP contribution in [-0.4, -0.2) is 37.8 Å². The Kier molecular flexibility index (Phi) is 9.52. The van der Waals surface area contributed by atoms with Gasteiger partial charge in [-0.15, -0.1) is 0 Å². The number of aryl methyl sites for hydroxylation is 2. The first-order valence-corrected chi connectivity index (χ1v) is 10.0. The average molecular weight is 437 g/mol. The van der Waals surface area contributed by atoms with Crippen LogP contribution in [0.15, 0.2) is 48.5 Å². The van der Waals surface area contributed by atoms with Crippen LogP contribution in [0, 0.1) is 6.92 Å². The molecular formula is C23H26F3NO4. The van der Waals surface area contributed by atoms with E-state index in [1.165, 1.54) is 11.1 Å². The first-order valence-electron chi connectivity index (χ1n) is 10.0. The van der Waals surface area contributed by atoms with Gasteiger partial charge >= 0.3 is 18.1 Å². The molecule has 0 spiro atoms. The number of alkyl halides is 3. The van der Waals surface area contributed by atoms with Gasteiger partial charge in [-0.25, -0.2) is 4.79 Å². The minimum absolute atomic E-state index is 0.131. The molecule has 168 valence electrons. The molecule has 0 radical (unpaired) electrons. The summed E-state index contributed by atoms with van der Waals surface area (Å²) in [5.41, 5.74) is 3.55. The van der Waals surface area contributed by atoms with E-state index in [-0.39, 0.29) is 13.0 Å². The van der Waals surface area contributed by atoms with Gasteiger partial charge in [-0.05, 0) is 49.6 Å². The van der Waals surface area contributed by atoms with E-state index in [1.807, 2.05) is 24.3 Å². The monoisotopic (exact) mass is 437 g/mol. The van der Waals surface area contributed by atoms with E-state index in [4.69, 9.17) is 4.74 Å². The molecule has 2 rings (SSSR count). The lowest BCUT2D eigenvalue weighted by molar-refractivity contribution is -0.201. The van der Waals surface area contributed by atoms with Crippen molar-refractivity contribution in [1.29, 1.82) is 0 Å². The standard InChI is InChI=1S/C23H26F3NO4/c1-17-7-9-18(10-8-17)12-15-30-20-6-2-4-19(16-20)5-3-13-27-14-11-21(28)31-22(29)23(24,25)26/h2,4,6-10,16,27H,3,5,11-15H2,1H3. The van der Waals surface area contributed by atoms with Crippen molar-refractivity contribution in [2.75, 3.05) is 19.7 Å². The van der Waals surface area contributed by atoms with Crippen LogP contribution in [0.5, 0.6) is 5.75 Å². The maximum atomic E-state index is 12.0. The quantitative estimate of drug-likeness (QED) is 0.325. The Hall–Kier alpha value is -2.87. The molecule has 1 N–H and O–H groups in total. The largest absolute Gasteiger partial charge is 0.493 e. The molecule has 0 aliphatic heterocycles. The van der Waals surface area contributed by atoms with E-state index < -0.39 is 18.1 Å². The summed E-state index contributed by atoms with van der Waals surface area (Å²) in [6, 6.07) is 16.2. The number of hydrogen-bond acceptors (Lipinski definition) is 5. The lowest BCUT2D eigenvalue weighted by atomic mass is 10.1. The maximum absolute atomic E-state index is 12.0. The first kappa shape index (κ1) is 24.4. The van der Waals surface area contributed by atoms with Crippen molar-refractivity contribution in [3.8, 4) is 5.75 Å². The molecule has 2 aromatic carbocycles. The summed E-state index contributed by atoms with van der Waals surface area (Å²) in [4.78, 5) is 21.7. The highest BCUT2D eigenvalue weighted by Gasteiger charge is 2.42. The number of carbonyl (C=O) groups is 2. The topological polar surface area (TPSA) is 64.6 Å². The lowest BCUT2D eigenvalue weighted by Gasteiger charge is -2.09. The molecule has 0 aromatic heterocycles. The molecule has 5 nitrogen and oxygen atoms in total. The minimum atomic E-state index is -5.16. The molecule has 0 saturated heterocycles. The van der Waals surface area contributed by atoms with Gasteiger partial charge in [0.2, 0.25) is 0 Å². The summed E-state index contributed by atoms with van der Waals surface area (Å²) in [6.07, 6.45) is -3.11. The highest BCUT2D eigenvalue weighted by Crippen LogP contribution is 2.17. The number of carbonyl (C=O) groups excluding carboxylic acids is 2. The smallest absolute Gasteiger partial charge is 0.491 e. The van der Waals surface area contributed by atoms with E-state index in [2.05, 4.69) is 41.2 Å². The Bertz CT molecular complexity index is 851. The SMILES string of the molecule is Cc1ccc(CCOc2cccc(CCCNCCC(=O)OC(=O)C(F)(F)F)c2)cc1. The van der Waals surface area contributed by atoms with E-state index >= 15 is 0 Å². The van der Waals surface area contributed by atoms with Crippen LogP contribution in [0.3, 0.4) is 0 Å². The Balaban J connectivity index is 1.60. The van der Waals surface area contributed by atoms with Crippen LogP contribution in [-0.2, 0) is 27.2 Å². The van der Waals surface area contributed by atoms with Gasteiger partial charge in [0.1, 0.15) is 5.75 Å². The van der Waals surface area contributed by atoms with Gasteiger partial charge in [0, 0.05) is 13.0 Å². The van der Waals surface area contributed by atoms with Crippen molar-refractivity contribution in [3.63, 3.8) is 0 Å². The number of hydrogen-bond donors (Lipinski definition) is 1. The molecule has 8 heteroatoms. The van der Waals surface area contributed by atoms with E-state index in [1.54, 1.807) is 0 Å². The van der Waals surface area contributed by atoms with Gasteiger partial charge in [-0.3, -0.25) is 4.79 Å². The minimum Gasteiger partial charge on any atom is -0.493 e. The van der Waals surface area contributed by atoms with E-state index in [9.17, 15) is 22.8 Å². The van der Waals surface area contributed by atoms with Crippen molar-refractivity contribution in [2.24, 2.45) is 0 Å². The summed E-state index contributed by atoms with van der Waals surface area (Å²) in [5, 5.41) is 2.94. The summed E-state index contributed by atoms with van der Waals surface area (Å²) >= 11 is 0. The van der Waals surface area contributed by atoms with Crippen LogP contribution in [0.25, 0.3) is 0 Å². The Morgan fingerprint density at radius 1 is 0.968 bits per heavy atom. The predicted octanol–water partition coefficient (Wildman–Crippen LogP) is 4.16. The zero-order valence-corrected chi connectivity index (χ0v) is 17.3. The number of benzene rings is 2. The van der Waals surface area contributed by atoms with Crippen molar-refractivity contribution in [3.05, 3.63) is 65.2 Å². The third-order valence-corrected chi connectivity index (χ3v) is 4.44. The van der Waals surface area contributed by atoms with Crippen LogP contribution in [0.1, 0.15) is 29.5 Å². The Labute approximate surface area is 179 Å². The number of ether oxygens (including phenoxy) is 2. The van der Waals surface area contributed by atoms with Gasteiger partial charge in [0.05, 0.1) is 13.0 Å². The predicted molar refractivity (Wildman–Crippen MR) is 110 cm³/mol. The Morgan fingerprint density at radius 3 is 2.42 bits per heavy atom. The van der Waals surface area contributed by atoms with Crippen molar-refractivity contribution >= 4 is 11.9 Å². The molecule has 0 aliphatic carbocycles. The van der Waals surface area contributed by atoms with Gasteiger partial charge < -0.3 is 14.8 Å². The summed E-state index contributed by atoms with van der Waals surface area (Å²) in [5.74, 6) is -2.89. The zero-order chi connectivity index (χ0) is 22.7. The molecule has 0 saturated carbocycles. The van der Waals surface area contributed by atoms with Crippen molar-refractivity contribution < 1.29 is 32.2 Å². The fourth-order valence-electron chi connectivity index (χ4n) is 2.78. The number of rotatable bonds is 11. The highest BCUT2D eigenvalue weighted by molar-refractivity contribution is 5.88. The fourth-order valence-corrected chi connectivity index (χ4v) is 2.78. The van der Waals surface area contributed by atoms with E-state index in [0.29, 0.717) is 13.2 Å². The number of esters is 2. The number of halogens is 3. The Morgan fingerprint density at radius 2 is 1.71 bits per heavy atom. The molecule has 0 heterocycles. The molecule has 0 atom stereocenters. The van der Waals surface area contributed by atoms with Crippen molar-refractivity contribution in [2.45, 2.75) is 38.8 Å². The molecule has 0 amide bonds. The lowest BCUT2D eigenvalue weighted by Crippen LogP contribution is -2.29. The third-order valence-electron chi connectivity index (χ3n) is 4.44. The summed E-state index contributed by atoms with van der Waals surface area (Å²) in [7, 11) is 0.